The number of fused-ring (bicyclic) bond motifs is 1. The Morgan fingerprint density at radius 2 is 2.13 bits per heavy atom. The Kier molecular flexibility index (Phi) is 7.75. The van der Waals surface area contributed by atoms with E-state index in [2.05, 4.69) is 20.8 Å². The van der Waals surface area contributed by atoms with E-state index in [1.807, 2.05) is 13.0 Å². The lowest BCUT2D eigenvalue weighted by Gasteiger charge is -2.22. The number of hydrogen-bond acceptors (Lipinski definition) is 5. The Morgan fingerprint density at radius 3 is 2.87 bits per heavy atom. The molecule has 1 saturated heterocycles. The van der Waals surface area contributed by atoms with Crippen LogP contribution in [0.1, 0.15) is 31.4 Å². The lowest BCUT2D eigenvalue weighted by atomic mass is 9.93. The molecule has 1 amide bonds. The molecule has 3 rings (SSSR count). The first-order valence-electron chi connectivity index (χ1n) is 7.45. The standard InChI is InChI=1S/C15H20N4O2.2ClH/c1-10-13-8-12(9-17-15(13)21-19-10)18-14(20)3-2-11-4-6-16-7-5-11;;/h8-9,11,16H,2-7H2,1H3,(H,18,20);2*1H. The fourth-order valence-electron chi connectivity index (χ4n) is 2.74. The third kappa shape index (κ3) is 5.06. The summed E-state index contributed by atoms with van der Waals surface area (Å²) in [7, 11) is 0. The summed E-state index contributed by atoms with van der Waals surface area (Å²) in [5.41, 5.74) is 1.98. The van der Waals surface area contributed by atoms with Gasteiger partial charge in [-0.15, -0.1) is 24.8 Å². The summed E-state index contributed by atoms with van der Waals surface area (Å²) in [6.45, 7) is 4.00. The minimum absolute atomic E-state index is 0. The molecule has 0 atom stereocenters. The van der Waals surface area contributed by atoms with Crippen LogP contribution in [0.25, 0.3) is 11.1 Å². The van der Waals surface area contributed by atoms with E-state index in [0.717, 1.165) is 30.6 Å². The summed E-state index contributed by atoms with van der Waals surface area (Å²) in [4.78, 5) is 16.2. The minimum atomic E-state index is 0. The van der Waals surface area contributed by atoms with Crippen molar-refractivity contribution in [2.24, 2.45) is 5.92 Å². The van der Waals surface area contributed by atoms with Crippen molar-refractivity contribution in [2.75, 3.05) is 18.4 Å². The largest absolute Gasteiger partial charge is 0.336 e. The van der Waals surface area contributed by atoms with Gasteiger partial charge < -0.3 is 15.2 Å². The van der Waals surface area contributed by atoms with Crippen LogP contribution in [0.4, 0.5) is 5.69 Å². The summed E-state index contributed by atoms with van der Waals surface area (Å²) in [5.74, 6) is 0.710. The van der Waals surface area contributed by atoms with Crippen LogP contribution < -0.4 is 10.6 Å². The maximum Gasteiger partial charge on any atom is 0.258 e. The van der Waals surface area contributed by atoms with Crippen LogP contribution in [0.15, 0.2) is 16.8 Å². The number of halogens is 2. The highest BCUT2D eigenvalue weighted by Gasteiger charge is 2.15. The van der Waals surface area contributed by atoms with Crippen molar-refractivity contribution in [1.82, 2.24) is 15.5 Å². The number of nitrogens with zero attached hydrogens (tertiary/aromatic N) is 2. The number of aromatic nitrogens is 2. The molecule has 0 unspecified atom stereocenters. The number of amides is 1. The predicted octanol–water partition coefficient (Wildman–Crippen LogP) is 3.09. The van der Waals surface area contributed by atoms with Gasteiger partial charge in [-0.1, -0.05) is 5.16 Å². The molecule has 0 radical (unpaired) electrons. The zero-order valence-corrected chi connectivity index (χ0v) is 14.6. The lowest BCUT2D eigenvalue weighted by Crippen LogP contribution is -2.28. The van der Waals surface area contributed by atoms with Gasteiger partial charge in [0.25, 0.3) is 5.71 Å². The number of anilines is 1. The molecule has 23 heavy (non-hydrogen) atoms. The third-order valence-corrected chi connectivity index (χ3v) is 4.03. The maximum atomic E-state index is 12.0. The highest BCUT2D eigenvalue weighted by molar-refractivity contribution is 5.92. The quantitative estimate of drug-likeness (QED) is 0.875. The Hall–Kier alpha value is -1.37. The van der Waals surface area contributed by atoms with Gasteiger partial charge in [-0.3, -0.25) is 4.79 Å². The topological polar surface area (TPSA) is 80.1 Å². The van der Waals surface area contributed by atoms with Crippen molar-refractivity contribution in [1.29, 1.82) is 0 Å². The second-order valence-corrected chi connectivity index (χ2v) is 5.62. The smallest absolute Gasteiger partial charge is 0.258 e. The van der Waals surface area contributed by atoms with Gasteiger partial charge in [0.15, 0.2) is 0 Å². The van der Waals surface area contributed by atoms with Crippen molar-refractivity contribution >= 4 is 47.5 Å². The Bertz CT molecular complexity index is 641. The molecular formula is C15H22Cl2N4O2. The summed E-state index contributed by atoms with van der Waals surface area (Å²) >= 11 is 0. The van der Waals surface area contributed by atoms with E-state index in [0.29, 0.717) is 23.7 Å². The number of rotatable bonds is 4. The molecule has 2 N–H and O–H groups in total. The normalized spacial score (nSPS) is 14.8. The highest BCUT2D eigenvalue weighted by atomic mass is 35.5. The van der Waals surface area contributed by atoms with E-state index in [9.17, 15) is 4.79 Å². The summed E-state index contributed by atoms with van der Waals surface area (Å²) < 4.78 is 5.06. The zero-order chi connectivity index (χ0) is 14.7. The molecule has 0 bridgehead atoms. The van der Waals surface area contributed by atoms with Crippen LogP contribution >= 0.6 is 24.8 Å². The molecule has 8 heteroatoms. The van der Waals surface area contributed by atoms with Gasteiger partial charge in [0, 0.05) is 6.42 Å². The number of aryl methyl sites for hydroxylation is 1. The monoisotopic (exact) mass is 360 g/mol. The van der Waals surface area contributed by atoms with Crippen LogP contribution in [0.5, 0.6) is 0 Å². The molecule has 0 aromatic carbocycles. The Morgan fingerprint density at radius 1 is 1.39 bits per heavy atom. The molecule has 128 valence electrons. The van der Waals surface area contributed by atoms with E-state index < -0.39 is 0 Å². The highest BCUT2D eigenvalue weighted by Crippen LogP contribution is 2.21. The van der Waals surface area contributed by atoms with Gasteiger partial charge >= 0.3 is 0 Å². The van der Waals surface area contributed by atoms with Crippen molar-refractivity contribution in [2.45, 2.75) is 32.6 Å². The van der Waals surface area contributed by atoms with Gasteiger partial charge in [-0.2, -0.15) is 0 Å². The van der Waals surface area contributed by atoms with Gasteiger partial charge in [0.2, 0.25) is 5.91 Å². The molecule has 6 nitrogen and oxygen atoms in total. The van der Waals surface area contributed by atoms with Gasteiger partial charge in [-0.05, 0) is 51.3 Å². The SMILES string of the molecule is Cc1noc2ncc(NC(=O)CCC3CCNCC3)cc12.Cl.Cl. The molecule has 1 aliphatic rings. The second-order valence-electron chi connectivity index (χ2n) is 5.62. The number of carbonyl (C=O) groups excluding carboxylic acids is 1. The Balaban J connectivity index is 0.00000132. The number of hydrogen-bond donors (Lipinski definition) is 2. The van der Waals surface area contributed by atoms with Crippen molar-refractivity contribution in [3.8, 4) is 0 Å². The van der Waals surface area contributed by atoms with Gasteiger partial charge in [0.05, 0.1) is 23.0 Å². The number of nitrogens with one attached hydrogen (secondary N) is 2. The molecule has 1 aliphatic heterocycles. The van der Waals surface area contributed by atoms with Crippen LogP contribution in [-0.2, 0) is 4.79 Å². The fraction of sp³-hybridized carbons (Fsp3) is 0.533. The number of piperidine rings is 1. The van der Waals surface area contributed by atoms with Crippen LogP contribution in [-0.4, -0.2) is 29.1 Å². The molecule has 2 aromatic heterocycles. The molecule has 1 fully saturated rings. The third-order valence-electron chi connectivity index (χ3n) is 4.03. The first-order valence-corrected chi connectivity index (χ1v) is 7.45. The first-order chi connectivity index (χ1) is 10.2. The average Bonchev–Trinajstić information content (AvgIpc) is 2.87. The molecule has 2 aromatic rings. The summed E-state index contributed by atoms with van der Waals surface area (Å²) in [5, 5.41) is 10.9. The number of pyridine rings is 1. The van der Waals surface area contributed by atoms with Gasteiger partial charge in [0.1, 0.15) is 0 Å². The predicted molar refractivity (Wildman–Crippen MR) is 94.5 cm³/mol. The minimum Gasteiger partial charge on any atom is -0.336 e. The van der Waals surface area contributed by atoms with E-state index in [1.165, 1.54) is 12.8 Å². The molecule has 3 heterocycles. The lowest BCUT2D eigenvalue weighted by molar-refractivity contribution is -0.116. The van der Waals surface area contributed by atoms with E-state index in [-0.39, 0.29) is 30.7 Å². The average molecular weight is 361 g/mol. The molecule has 0 spiro atoms. The molecular weight excluding hydrogens is 339 g/mol. The molecule has 0 saturated carbocycles. The first kappa shape index (κ1) is 19.7. The van der Waals surface area contributed by atoms with Crippen molar-refractivity contribution in [3.63, 3.8) is 0 Å². The maximum absolute atomic E-state index is 12.0. The van der Waals surface area contributed by atoms with E-state index >= 15 is 0 Å². The van der Waals surface area contributed by atoms with Crippen LogP contribution in [0.2, 0.25) is 0 Å². The van der Waals surface area contributed by atoms with Crippen LogP contribution in [0, 0.1) is 12.8 Å². The zero-order valence-electron chi connectivity index (χ0n) is 13.0. The molecule has 0 aliphatic carbocycles. The van der Waals surface area contributed by atoms with Crippen molar-refractivity contribution in [3.05, 3.63) is 18.0 Å². The summed E-state index contributed by atoms with van der Waals surface area (Å²) in [6, 6.07) is 1.86. The van der Waals surface area contributed by atoms with Crippen molar-refractivity contribution < 1.29 is 9.32 Å². The summed E-state index contributed by atoms with van der Waals surface area (Å²) in [6.07, 6.45) is 5.46. The Labute approximate surface area is 147 Å². The van der Waals surface area contributed by atoms with E-state index in [1.54, 1.807) is 6.20 Å². The fourth-order valence-corrected chi connectivity index (χ4v) is 2.74. The van der Waals surface area contributed by atoms with E-state index in [4.69, 9.17) is 4.52 Å². The van der Waals surface area contributed by atoms with Crippen LogP contribution in [0.3, 0.4) is 0 Å². The van der Waals surface area contributed by atoms with Gasteiger partial charge in [-0.25, -0.2) is 4.98 Å². The number of carbonyl (C=O) groups is 1. The second kappa shape index (κ2) is 9.05.